The van der Waals surface area contributed by atoms with Gasteiger partial charge in [-0.1, -0.05) is 6.07 Å². The number of alkyl halides is 1. The van der Waals surface area contributed by atoms with E-state index in [9.17, 15) is 9.59 Å². The van der Waals surface area contributed by atoms with Gasteiger partial charge in [-0.2, -0.15) is 0 Å². The van der Waals surface area contributed by atoms with E-state index in [-0.39, 0.29) is 17.7 Å². The minimum absolute atomic E-state index is 0.0181. The summed E-state index contributed by atoms with van der Waals surface area (Å²) in [6.45, 7) is 0. The average molecular weight is 253 g/mol. The highest BCUT2D eigenvalue weighted by Crippen LogP contribution is 2.25. The number of amides is 2. The minimum Gasteiger partial charge on any atom is -0.326 e. The molecule has 1 aliphatic rings. The molecule has 0 atom stereocenters. The smallest absolute Gasteiger partial charge is 0.239 e. The Morgan fingerprint density at radius 1 is 1.41 bits per heavy atom. The fourth-order valence-corrected chi connectivity index (χ4v) is 1.90. The van der Waals surface area contributed by atoms with Crippen molar-refractivity contribution < 1.29 is 9.59 Å². The van der Waals surface area contributed by atoms with Gasteiger partial charge in [-0.15, -0.1) is 11.6 Å². The van der Waals surface area contributed by atoms with Crippen LogP contribution in [-0.2, 0) is 16.0 Å². The first-order valence-electron chi connectivity index (χ1n) is 5.47. The maximum Gasteiger partial charge on any atom is 0.239 e. The van der Waals surface area contributed by atoms with Crippen molar-refractivity contribution in [2.24, 2.45) is 0 Å². The van der Waals surface area contributed by atoms with Crippen LogP contribution in [0.15, 0.2) is 18.2 Å². The van der Waals surface area contributed by atoms with Crippen molar-refractivity contribution in [1.82, 2.24) is 0 Å². The van der Waals surface area contributed by atoms with E-state index in [4.69, 9.17) is 11.6 Å². The lowest BCUT2D eigenvalue weighted by atomic mass is 10.1. The molecule has 17 heavy (non-hydrogen) atoms. The van der Waals surface area contributed by atoms with Crippen molar-refractivity contribution in [2.45, 2.75) is 19.3 Å². The molecule has 2 rings (SSSR count). The van der Waals surface area contributed by atoms with E-state index < -0.39 is 0 Å². The normalized spacial score (nSPS) is 14.5. The van der Waals surface area contributed by atoms with Crippen molar-refractivity contribution in [3.05, 3.63) is 23.8 Å². The van der Waals surface area contributed by atoms with Crippen LogP contribution < -0.4 is 10.6 Å². The van der Waals surface area contributed by atoms with Gasteiger partial charge in [0.05, 0.1) is 0 Å². The number of carbonyl (C=O) groups is 2. The van der Waals surface area contributed by atoms with Gasteiger partial charge in [0.15, 0.2) is 0 Å². The molecule has 0 radical (unpaired) electrons. The first kappa shape index (κ1) is 11.9. The van der Waals surface area contributed by atoms with Gasteiger partial charge in [-0.3, -0.25) is 9.59 Å². The molecule has 4 nitrogen and oxygen atoms in total. The lowest BCUT2D eigenvalue weighted by molar-refractivity contribution is -0.116. The topological polar surface area (TPSA) is 58.2 Å². The predicted octanol–water partition coefficient (Wildman–Crippen LogP) is 2.14. The molecule has 0 aromatic heterocycles. The summed E-state index contributed by atoms with van der Waals surface area (Å²) in [4.78, 5) is 22.6. The quantitative estimate of drug-likeness (QED) is 0.793. The van der Waals surface area contributed by atoms with Crippen LogP contribution in [0.5, 0.6) is 0 Å². The minimum atomic E-state index is -0.258. The van der Waals surface area contributed by atoms with Gasteiger partial charge in [-0.05, 0) is 30.5 Å². The zero-order valence-corrected chi connectivity index (χ0v) is 10.0. The summed E-state index contributed by atoms with van der Waals surface area (Å²) in [6, 6.07) is 5.51. The summed E-state index contributed by atoms with van der Waals surface area (Å²) >= 11 is 5.41. The van der Waals surface area contributed by atoms with E-state index in [1.165, 1.54) is 0 Å². The molecule has 90 valence electrons. The molecule has 1 heterocycles. The first-order valence-corrected chi connectivity index (χ1v) is 6.01. The largest absolute Gasteiger partial charge is 0.326 e. The van der Waals surface area contributed by atoms with Crippen LogP contribution in [0.25, 0.3) is 0 Å². The van der Waals surface area contributed by atoms with Crippen molar-refractivity contribution in [1.29, 1.82) is 0 Å². The SMILES string of the molecule is O=C(CCl)Nc1ccc2c(c1)NC(=O)CCC2. The van der Waals surface area contributed by atoms with E-state index in [1.54, 1.807) is 6.07 Å². The molecular weight excluding hydrogens is 240 g/mol. The van der Waals surface area contributed by atoms with Crippen LogP contribution in [0.3, 0.4) is 0 Å². The van der Waals surface area contributed by atoms with Crippen molar-refractivity contribution in [3.8, 4) is 0 Å². The number of carbonyl (C=O) groups excluding carboxylic acids is 2. The zero-order chi connectivity index (χ0) is 12.3. The molecule has 0 aliphatic carbocycles. The van der Waals surface area contributed by atoms with Crippen LogP contribution in [-0.4, -0.2) is 17.7 Å². The number of benzene rings is 1. The number of aryl methyl sites for hydroxylation is 1. The van der Waals surface area contributed by atoms with E-state index in [0.717, 1.165) is 24.1 Å². The van der Waals surface area contributed by atoms with Gasteiger partial charge in [0.25, 0.3) is 0 Å². The van der Waals surface area contributed by atoms with Crippen LogP contribution >= 0.6 is 11.6 Å². The third-order valence-electron chi connectivity index (χ3n) is 2.64. The van der Waals surface area contributed by atoms with E-state index in [0.29, 0.717) is 12.1 Å². The Hall–Kier alpha value is -1.55. The molecule has 5 heteroatoms. The van der Waals surface area contributed by atoms with Gasteiger partial charge in [0.1, 0.15) is 5.88 Å². The van der Waals surface area contributed by atoms with E-state index in [1.807, 2.05) is 12.1 Å². The molecule has 0 bridgehead atoms. The molecule has 2 amide bonds. The second kappa shape index (κ2) is 5.19. The summed E-state index contributed by atoms with van der Waals surface area (Å²) in [5, 5.41) is 5.49. The number of halogens is 1. The standard InChI is InChI=1S/C12H13ClN2O2/c13-7-12(17)14-9-5-4-8-2-1-3-11(16)15-10(8)6-9/h4-6H,1-3,7H2,(H,14,17)(H,15,16). The van der Waals surface area contributed by atoms with Gasteiger partial charge < -0.3 is 10.6 Å². The molecule has 1 aliphatic heterocycles. The van der Waals surface area contributed by atoms with E-state index >= 15 is 0 Å². The van der Waals surface area contributed by atoms with Gasteiger partial charge in [-0.25, -0.2) is 0 Å². The third kappa shape index (κ3) is 2.97. The Morgan fingerprint density at radius 3 is 3.00 bits per heavy atom. The summed E-state index contributed by atoms with van der Waals surface area (Å²) in [7, 11) is 0. The Bertz CT molecular complexity index is 460. The molecule has 0 unspecified atom stereocenters. The molecule has 2 N–H and O–H groups in total. The summed E-state index contributed by atoms with van der Waals surface area (Å²) < 4.78 is 0. The number of nitrogens with one attached hydrogen (secondary N) is 2. The fourth-order valence-electron chi connectivity index (χ4n) is 1.84. The van der Waals surface area contributed by atoms with E-state index in [2.05, 4.69) is 10.6 Å². The molecule has 0 spiro atoms. The molecule has 1 aromatic carbocycles. The molecule has 0 saturated heterocycles. The van der Waals surface area contributed by atoms with Gasteiger partial charge in [0, 0.05) is 17.8 Å². The van der Waals surface area contributed by atoms with Crippen molar-refractivity contribution in [2.75, 3.05) is 16.5 Å². The van der Waals surface area contributed by atoms with Crippen LogP contribution in [0.2, 0.25) is 0 Å². The molecule has 1 aromatic rings. The fraction of sp³-hybridized carbons (Fsp3) is 0.333. The van der Waals surface area contributed by atoms with Crippen molar-refractivity contribution in [3.63, 3.8) is 0 Å². The first-order chi connectivity index (χ1) is 8.19. The number of hydrogen-bond donors (Lipinski definition) is 2. The Morgan fingerprint density at radius 2 is 2.24 bits per heavy atom. The Labute approximate surface area is 104 Å². The monoisotopic (exact) mass is 252 g/mol. The van der Waals surface area contributed by atoms with Gasteiger partial charge >= 0.3 is 0 Å². The highest BCUT2D eigenvalue weighted by atomic mass is 35.5. The Kier molecular flexibility index (Phi) is 3.64. The third-order valence-corrected chi connectivity index (χ3v) is 2.88. The lowest BCUT2D eigenvalue weighted by Crippen LogP contribution is -2.13. The molecule has 0 fully saturated rings. The number of rotatable bonds is 2. The average Bonchev–Trinajstić information content (AvgIpc) is 2.49. The summed E-state index contributed by atoms with van der Waals surface area (Å²) in [6.07, 6.45) is 2.27. The van der Waals surface area contributed by atoms with Crippen LogP contribution in [0.4, 0.5) is 11.4 Å². The number of anilines is 2. The number of hydrogen-bond acceptors (Lipinski definition) is 2. The number of fused-ring (bicyclic) bond motifs is 1. The molecular formula is C12H13ClN2O2. The Balaban J connectivity index is 2.23. The maximum absolute atomic E-state index is 11.4. The highest BCUT2D eigenvalue weighted by Gasteiger charge is 2.13. The lowest BCUT2D eigenvalue weighted by Gasteiger charge is -2.09. The second-order valence-corrected chi connectivity index (χ2v) is 4.22. The highest BCUT2D eigenvalue weighted by molar-refractivity contribution is 6.29. The van der Waals surface area contributed by atoms with Crippen molar-refractivity contribution >= 4 is 34.8 Å². The predicted molar refractivity (Wildman–Crippen MR) is 67.4 cm³/mol. The second-order valence-electron chi connectivity index (χ2n) is 3.96. The van der Waals surface area contributed by atoms with Gasteiger partial charge in [0.2, 0.25) is 11.8 Å². The summed E-state index contributed by atoms with van der Waals surface area (Å²) in [5.41, 5.74) is 2.52. The van der Waals surface area contributed by atoms with Crippen LogP contribution in [0, 0.1) is 0 Å². The van der Waals surface area contributed by atoms with Crippen LogP contribution in [0.1, 0.15) is 18.4 Å². The molecule has 0 saturated carbocycles. The summed E-state index contributed by atoms with van der Waals surface area (Å²) in [5.74, 6) is -0.320. The maximum atomic E-state index is 11.4. The zero-order valence-electron chi connectivity index (χ0n) is 9.25.